The molecule has 0 saturated heterocycles. The van der Waals surface area contributed by atoms with Crippen molar-refractivity contribution in [2.75, 3.05) is 18.5 Å². The van der Waals surface area contributed by atoms with Crippen LogP contribution in [0.25, 0.3) is 0 Å². The zero-order valence-corrected chi connectivity index (χ0v) is 18.8. The van der Waals surface area contributed by atoms with Crippen molar-refractivity contribution < 1.29 is 23.9 Å². The number of carboxylic acids is 1. The van der Waals surface area contributed by atoms with Gasteiger partial charge in [0.1, 0.15) is 12.3 Å². The van der Waals surface area contributed by atoms with Crippen LogP contribution in [0.4, 0.5) is 10.5 Å². The van der Waals surface area contributed by atoms with Crippen molar-refractivity contribution in [3.8, 4) is 0 Å². The Morgan fingerprint density at radius 3 is 2.25 bits per heavy atom. The summed E-state index contributed by atoms with van der Waals surface area (Å²) in [5.74, 6) is -1.06. The number of carboxylic acid groups (broad SMARTS) is 1. The summed E-state index contributed by atoms with van der Waals surface area (Å²) < 4.78 is 13.0. The molecule has 0 spiro atoms. The number of nitrogens with one attached hydrogen (secondary N) is 1. The normalized spacial score (nSPS) is 11.9. The number of amides is 1. The highest BCUT2D eigenvalue weighted by Crippen LogP contribution is 2.42. The minimum absolute atomic E-state index is 0.0818. The molecule has 1 aromatic heterocycles. The van der Waals surface area contributed by atoms with Gasteiger partial charge in [0.25, 0.3) is 0 Å². The summed E-state index contributed by atoms with van der Waals surface area (Å²) in [6, 6.07) is 1.41. The van der Waals surface area contributed by atoms with Gasteiger partial charge in [-0.15, -0.1) is 0 Å². The number of carbonyl (C=O) groups is 2. The lowest BCUT2D eigenvalue weighted by atomic mass is 10.4. The maximum absolute atomic E-state index is 11.7. The molecule has 0 aromatic carbocycles. The van der Waals surface area contributed by atoms with Gasteiger partial charge in [0.15, 0.2) is 8.32 Å². The number of aromatic carboxylic acids is 1. The first-order chi connectivity index (χ1) is 13.1. The van der Waals surface area contributed by atoms with Crippen molar-refractivity contribution in [1.29, 1.82) is 0 Å². The van der Waals surface area contributed by atoms with Gasteiger partial charge in [-0.05, 0) is 22.7 Å². The molecule has 0 aliphatic heterocycles. The summed E-state index contributed by atoms with van der Waals surface area (Å²) in [6.07, 6.45) is 2.39. The lowest BCUT2D eigenvalue weighted by Gasteiger charge is -2.42. The molecule has 0 bridgehead atoms. The second kappa shape index (κ2) is 10.5. The van der Waals surface area contributed by atoms with E-state index in [1.54, 1.807) is 10.8 Å². The Hall–Kier alpha value is -2.06. The van der Waals surface area contributed by atoms with E-state index in [9.17, 15) is 14.7 Å². The Balaban J connectivity index is 2.91. The van der Waals surface area contributed by atoms with Crippen LogP contribution in [0.1, 0.15) is 52.0 Å². The fourth-order valence-corrected chi connectivity index (χ4v) is 9.50. The molecule has 0 saturated carbocycles. The van der Waals surface area contributed by atoms with Crippen LogP contribution < -0.4 is 5.32 Å². The Labute approximate surface area is 168 Å². The van der Waals surface area contributed by atoms with E-state index < -0.39 is 20.4 Å². The fourth-order valence-electron chi connectivity index (χ4n) is 4.05. The largest absolute Gasteiger partial charge is 0.477 e. The third-order valence-electron chi connectivity index (χ3n) is 5.09. The summed E-state index contributed by atoms with van der Waals surface area (Å²) in [5, 5.41) is 12.0. The molecule has 0 fully saturated rings. The molecule has 8 heteroatoms. The molecular weight excluding hydrogens is 376 g/mol. The Bertz CT molecular complexity index is 660. The van der Waals surface area contributed by atoms with Crippen molar-refractivity contribution in [3.05, 3.63) is 30.6 Å². The van der Waals surface area contributed by atoms with E-state index in [1.165, 1.54) is 12.1 Å². The van der Waals surface area contributed by atoms with Crippen LogP contribution in [0.15, 0.2) is 24.9 Å². The number of ether oxygens (including phenoxy) is 1. The van der Waals surface area contributed by atoms with Crippen LogP contribution in [-0.2, 0) is 15.7 Å². The van der Waals surface area contributed by atoms with Crippen LogP contribution in [0.2, 0.25) is 16.6 Å². The third kappa shape index (κ3) is 5.72. The number of rotatable bonds is 11. The van der Waals surface area contributed by atoms with E-state index in [0.717, 1.165) is 0 Å². The van der Waals surface area contributed by atoms with Crippen molar-refractivity contribution in [2.24, 2.45) is 0 Å². The van der Waals surface area contributed by atoms with E-state index in [0.29, 0.717) is 35.5 Å². The maximum atomic E-state index is 11.7. The fraction of sp³-hybridized carbons (Fsp3) is 0.600. The van der Waals surface area contributed by atoms with Crippen molar-refractivity contribution in [2.45, 2.75) is 64.7 Å². The topological polar surface area (TPSA) is 89.8 Å². The van der Waals surface area contributed by atoms with E-state index >= 15 is 0 Å². The van der Waals surface area contributed by atoms with Crippen LogP contribution in [0.3, 0.4) is 0 Å². The first-order valence-corrected chi connectivity index (χ1v) is 11.8. The van der Waals surface area contributed by atoms with Crippen molar-refractivity contribution in [1.82, 2.24) is 4.57 Å². The molecular formula is C20H34N2O5Si. The highest BCUT2D eigenvalue weighted by molar-refractivity contribution is 6.77. The highest BCUT2D eigenvalue weighted by atomic mass is 28.4. The monoisotopic (exact) mass is 410 g/mol. The molecule has 1 heterocycles. The van der Waals surface area contributed by atoms with Crippen LogP contribution in [-0.4, -0.2) is 43.3 Å². The minimum Gasteiger partial charge on any atom is -0.477 e. The zero-order valence-electron chi connectivity index (χ0n) is 17.8. The molecule has 7 nitrogen and oxygen atoms in total. The molecule has 0 atom stereocenters. The minimum atomic E-state index is -2.02. The first-order valence-electron chi connectivity index (χ1n) is 9.68. The lowest BCUT2D eigenvalue weighted by Crippen LogP contribution is -2.48. The summed E-state index contributed by atoms with van der Waals surface area (Å²) in [5.41, 5.74) is 1.81. The summed E-state index contributed by atoms with van der Waals surface area (Å²) in [6.45, 7) is 17.6. The van der Waals surface area contributed by atoms with E-state index in [1.807, 2.05) is 0 Å². The van der Waals surface area contributed by atoms with Gasteiger partial charge >= 0.3 is 12.1 Å². The molecule has 0 radical (unpaired) electrons. The molecule has 0 unspecified atom stereocenters. The number of hydrogen-bond acceptors (Lipinski definition) is 4. The van der Waals surface area contributed by atoms with Gasteiger partial charge in [-0.2, -0.15) is 0 Å². The molecule has 28 heavy (non-hydrogen) atoms. The van der Waals surface area contributed by atoms with Gasteiger partial charge in [0.2, 0.25) is 0 Å². The predicted octanol–water partition coefficient (Wildman–Crippen LogP) is 5.11. The standard InChI is InChI=1S/C20H34N2O5Si/c1-8-10-26-20(25)21-17-12-18(19(23)24)22(13-17)9-11-27-28(14(2)3,15(4)5)16(6)7/h8,12-16H,1,9-11H2,2-7H3,(H,21,25)(H,23,24). The average Bonchev–Trinajstić information content (AvgIpc) is 2.98. The highest BCUT2D eigenvalue weighted by Gasteiger charge is 2.44. The van der Waals surface area contributed by atoms with Gasteiger partial charge in [0, 0.05) is 12.7 Å². The van der Waals surface area contributed by atoms with Crippen LogP contribution in [0.5, 0.6) is 0 Å². The van der Waals surface area contributed by atoms with Crippen molar-refractivity contribution in [3.63, 3.8) is 0 Å². The van der Waals surface area contributed by atoms with Gasteiger partial charge < -0.3 is 18.8 Å². The first kappa shape index (κ1) is 24.0. The van der Waals surface area contributed by atoms with Crippen LogP contribution >= 0.6 is 0 Å². The smallest absolute Gasteiger partial charge is 0.411 e. The van der Waals surface area contributed by atoms with Gasteiger partial charge in [0.05, 0.1) is 12.3 Å². The molecule has 1 rings (SSSR count). The molecule has 1 aromatic rings. The van der Waals surface area contributed by atoms with Crippen molar-refractivity contribution >= 4 is 26.1 Å². The molecule has 0 aliphatic carbocycles. The number of aromatic nitrogens is 1. The number of nitrogens with zero attached hydrogens (tertiary/aromatic N) is 1. The third-order valence-corrected chi connectivity index (χ3v) is 11.2. The summed E-state index contributed by atoms with van der Waals surface area (Å²) >= 11 is 0. The molecule has 1 amide bonds. The quantitative estimate of drug-likeness (QED) is 0.391. The van der Waals surface area contributed by atoms with Crippen LogP contribution in [0, 0.1) is 0 Å². The Morgan fingerprint density at radius 1 is 1.21 bits per heavy atom. The molecule has 2 N–H and O–H groups in total. The summed E-state index contributed by atoms with van der Waals surface area (Å²) in [7, 11) is -2.02. The average molecular weight is 411 g/mol. The Morgan fingerprint density at radius 2 is 1.79 bits per heavy atom. The maximum Gasteiger partial charge on any atom is 0.411 e. The van der Waals surface area contributed by atoms with E-state index in [2.05, 4.69) is 53.4 Å². The lowest BCUT2D eigenvalue weighted by molar-refractivity contribution is 0.0684. The molecule has 0 aliphatic rings. The van der Waals surface area contributed by atoms with E-state index in [-0.39, 0.29) is 12.3 Å². The number of anilines is 1. The molecule has 158 valence electrons. The van der Waals surface area contributed by atoms with Gasteiger partial charge in [-0.25, -0.2) is 9.59 Å². The number of carbonyl (C=O) groups excluding carboxylic acids is 1. The SMILES string of the molecule is C=CCOC(=O)Nc1cc(C(=O)O)n(CCO[Si](C(C)C)(C(C)C)C(C)C)c1. The van der Waals surface area contributed by atoms with Gasteiger partial charge in [-0.3, -0.25) is 5.32 Å². The van der Waals surface area contributed by atoms with Gasteiger partial charge in [-0.1, -0.05) is 54.2 Å². The van der Waals surface area contributed by atoms with E-state index in [4.69, 9.17) is 9.16 Å². The summed E-state index contributed by atoms with van der Waals surface area (Å²) in [4.78, 5) is 23.2. The number of hydrogen-bond donors (Lipinski definition) is 2. The predicted molar refractivity (Wildman–Crippen MR) is 114 cm³/mol. The second-order valence-electron chi connectivity index (χ2n) is 7.79. The Kier molecular flexibility index (Phi) is 8.97. The second-order valence-corrected chi connectivity index (χ2v) is 13.3. The zero-order chi connectivity index (χ0) is 21.5.